The predicted octanol–water partition coefficient (Wildman–Crippen LogP) is 3.62. The summed E-state index contributed by atoms with van der Waals surface area (Å²) in [5, 5.41) is 1.80. The number of aromatic nitrogens is 1. The summed E-state index contributed by atoms with van der Waals surface area (Å²) in [5.41, 5.74) is 0.0875. The first-order valence-electron chi connectivity index (χ1n) is 7.55. The van der Waals surface area contributed by atoms with Gasteiger partial charge in [0.05, 0.1) is 16.1 Å². The fourth-order valence-corrected chi connectivity index (χ4v) is 2.18. The maximum atomic E-state index is 12.6. The number of rotatable bonds is 5. The van der Waals surface area contributed by atoms with Crippen LogP contribution in [0.4, 0.5) is 24.7 Å². The minimum absolute atomic E-state index is 0.249. The van der Waals surface area contributed by atoms with E-state index in [1.54, 1.807) is 24.3 Å². The van der Waals surface area contributed by atoms with Crippen LogP contribution in [0.2, 0.25) is 5.02 Å². The van der Waals surface area contributed by atoms with Crippen molar-refractivity contribution in [2.75, 3.05) is 30.9 Å². The van der Waals surface area contributed by atoms with Gasteiger partial charge in [-0.3, -0.25) is 4.79 Å². The molecule has 0 saturated heterocycles. The molecule has 0 unspecified atom stereocenters. The molecule has 0 fully saturated rings. The van der Waals surface area contributed by atoms with Gasteiger partial charge in [-0.1, -0.05) is 11.6 Å². The van der Waals surface area contributed by atoms with Gasteiger partial charge < -0.3 is 15.0 Å². The van der Waals surface area contributed by atoms with Crippen LogP contribution < -0.4 is 10.2 Å². The first kappa shape index (κ1) is 20.5. The third-order valence-corrected chi connectivity index (χ3v) is 3.67. The fourth-order valence-electron chi connectivity index (χ4n) is 1.96. The second-order valence-electron chi connectivity index (χ2n) is 5.62. The first-order chi connectivity index (χ1) is 12.6. The Balaban J connectivity index is 1.93. The van der Waals surface area contributed by atoms with E-state index in [1.165, 1.54) is 0 Å². The number of anilines is 2. The highest BCUT2D eigenvalue weighted by molar-refractivity contribution is 6.33. The van der Waals surface area contributed by atoms with E-state index in [0.717, 1.165) is 5.69 Å². The van der Waals surface area contributed by atoms with Gasteiger partial charge in [-0.25, -0.2) is 9.78 Å². The smallest absolute Gasteiger partial charge is 0.417 e. The lowest BCUT2D eigenvalue weighted by atomic mass is 10.2. The molecule has 0 aliphatic rings. The molecular formula is C17H15ClF3N3O3. The van der Waals surface area contributed by atoms with Crippen molar-refractivity contribution < 1.29 is 27.5 Å². The van der Waals surface area contributed by atoms with Gasteiger partial charge in [0.1, 0.15) is 0 Å². The Kier molecular flexibility index (Phi) is 6.27. The normalized spacial score (nSPS) is 11.0. The molecular weight excluding hydrogens is 387 g/mol. The van der Waals surface area contributed by atoms with Gasteiger partial charge in [-0.15, -0.1) is 0 Å². The maximum absolute atomic E-state index is 12.6. The molecule has 2 aromatic rings. The van der Waals surface area contributed by atoms with Crippen LogP contribution in [0, 0.1) is 0 Å². The van der Waals surface area contributed by atoms with E-state index < -0.39 is 30.2 Å². The zero-order chi connectivity index (χ0) is 20.2. The molecule has 1 aromatic carbocycles. The molecule has 0 aliphatic heterocycles. The number of pyridine rings is 1. The second-order valence-corrected chi connectivity index (χ2v) is 6.02. The van der Waals surface area contributed by atoms with Crippen LogP contribution in [0.25, 0.3) is 0 Å². The van der Waals surface area contributed by atoms with E-state index in [1.807, 2.05) is 19.0 Å². The van der Waals surface area contributed by atoms with Gasteiger partial charge >= 0.3 is 12.1 Å². The highest BCUT2D eigenvalue weighted by Gasteiger charge is 2.31. The number of nitrogens with zero attached hydrogens (tertiary/aromatic N) is 2. The lowest BCUT2D eigenvalue weighted by molar-refractivity contribution is -0.137. The number of carbonyl (C=O) groups is 2. The van der Waals surface area contributed by atoms with Gasteiger partial charge in [0, 0.05) is 26.0 Å². The van der Waals surface area contributed by atoms with Gasteiger partial charge in [-0.2, -0.15) is 13.2 Å². The quantitative estimate of drug-likeness (QED) is 0.775. The number of alkyl halides is 3. The Morgan fingerprint density at radius 3 is 2.37 bits per heavy atom. The highest BCUT2D eigenvalue weighted by atomic mass is 35.5. The van der Waals surface area contributed by atoms with Crippen molar-refractivity contribution in [3.05, 3.63) is 52.7 Å². The van der Waals surface area contributed by atoms with Crippen molar-refractivity contribution in [2.45, 2.75) is 6.18 Å². The molecule has 144 valence electrons. The van der Waals surface area contributed by atoms with Gasteiger partial charge in [0.25, 0.3) is 5.91 Å². The molecule has 0 aliphatic carbocycles. The average molecular weight is 402 g/mol. The van der Waals surface area contributed by atoms with Crippen LogP contribution >= 0.6 is 11.6 Å². The van der Waals surface area contributed by atoms with Crippen molar-refractivity contribution in [2.24, 2.45) is 0 Å². The molecule has 6 nitrogen and oxygen atoms in total. The van der Waals surface area contributed by atoms with E-state index in [4.69, 9.17) is 16.3 Å². The Labute approximate surface area is 157 Å². The first-order valence-corrected chi connectivity index (χ1v) is 7.93. The fraction of sp³-hybridized carbons (Fsp3) is 0.235. The van der Waals surface area contributed by atoms with E-state index in [-0.39, 0.29) is 16.4 Å². The number of esters is 1. The molecule has 27 heavy (non-hydrogen) atoms. The van der Waals surface area contributed by atoms with Crippen LogP contribution in [0.15, 0.2) is 36.5 Å². The topological polar surface area (TPSA) is 71.5 Å². The predicted molar refractivity (Wildman–Crippen MR) is 93.9 cm³/mol. The number of hydrogen-bond donors (Lipinski definition) is 1. The Hall–Kier alpha value is -2.81. The standard InChI is InChI=1S/C17H15ClF3N3O3/c1-24(2)12-5-3-10(4-6-12)16(26)27-9-14(25)23-15-13(18)7-11(8-22-15)17(19,20)21/h3-8H,9H2,1-2H3,(H,22,23,25). The number of halogens is 4. The maximum Gasteiger partial charge on any atom is 0.417 e. The monoisotopic (exact) mass is 401 g/mol. The summed E-state index contributed by atoms with van der Waals surface area (Å²) in [4.78, 5) is 29.0. The Morgan fingerprint density at radius 1 is 1.22 bits per heavy atom. The van der Waals surface area contributed by atoms with Crippen LogP contribution in [0.5, 0.6) is 0 Å². The number of benzene rings is 1. The van der Waals surface area contributed by atoms with Gasteiger partial charge in [-0.05, 0) is 30.3 Å². The highest BCUT2D eigenvalue weighted by Crippen LogP contribution is 2.32. The van der Waals surface area contributed by atoms with E-state index in [2.05, 4.69) is 10.3 Å². The summed E-state index contributed by atoms with van der Waals surface area (Å²) in [5.74, 6) is -1.77. The van der Waals surface area contributed by atoms with Crippen LogP contribution in [0.3, 0.4) is 0 Å². The SMILES string of the molecule is CN(C)c1ccc(C(=O)OCC(=O)Nc2ncc(C(F)(F)F)cc2Cl)cc1. The summed E-state index contributed by atoms with van der Waals surface area (Å²) >= 11 is 5.69. The third kappa shape index (κ3) is 5.58. The lowest BCUT2D eigenvalue weighted by Crippen LogP contribution is -2.22. The summed E-state index contributed by atoms with van der Waals surface area (Å²) in [7, 11) is 3.69. The second kappa shape index (κ2) is 8.26. The molecule has 2 rings (SSSR count). The molecule has 1 aromatic heterocycles. The van der Waals surface area contributed by atoms with Crippen molar-refractivity contribution in [3.8, 4) is 0 Å². The average Bonchev–Trinajstić information content (AvgIpc) is 2.60. The summed E-state index contributed by atoms with van der Waals surface area (Å²) < 4.78 is 42.5. The molecule has 0 atom stereocenters. The minimum atomic E-state index is -4.60. The number of hydrogen-bond acceptors (Lipinski definition) is 5. The summed E-state index contributed by atoms with van der Waals surface area (Å²) in [6, 6.07) is 7.15. The largest absolute Gasteiger partial charge is 0.452 e. The van der Waals surface area contributed by atoms with Crippen molar-refractivity contribution in [1.29, 1.82) is 0 Å². The Bertz CT molecular complexity index is 840. The molecule has 10 heteroatoms. The van der Waals surface area contributed by atoms with Crippen LogP contribution in [0.1, 0.15) is 15.9 Å². The minimum Gasteiger partial charge on any atom is -0.452 e. The molecule has 1 N–H and O–H groups in total. The van der Waals surface area contributed by atoms with E-state index in [9.17, 15) is 22.8 Å². The lowest BCUT2D eigenvalue weighted by Gasteiger charge is -2.12. The number of amides is 1. The Morgan fingerprint density at radius 2 is 1.85 bits per heavy atom. The van der Waals surface area contributed by atoms with Crippen LogP contribution in [-0.4, -0.2) is 37.6 Å². The van der Waals surface area contributed by atoms with Crippen molar-refractivity contribution in [3.63, 3.8) is 0 Å². The zero-order valence-corrected chi connectivity index (χ0v) is 15.1. The molecule has 1 heterocycles. The number of nitrogens with one attached hydrogen (secondary N) is 1. The molecule has 0 spiro atoms. The number of carbonyl (C=O) groups excluding carboxylic acids is 2. The zero-order valence-electron chi connectivity index (χ0n) is 14.3. The molecule has 1 amide bonds. The molecule has 0 bridgehead atoms. The van der Waals surface area contributed by atoms with E-state index >= 15 is 0 Å². The number of ether oxygens (including phenoxy) is 1. The molecule has 0 saturated carbocycles. The van der Waals surface area contributed by atoms with Crippen molar-refractivity contribution in [1.82, 2.24) is 4.98 Å². The van der Waals surface area contributed by atoms with Gasteiger partial charge in [0.2, 0.25) is 0 Å². The molecule has 0 radical (unpaired) electrons. The van der Waals surface area contributed by atoms with E-state index in [0.29, 0.717) is 12.3 Å². The summed E-state index contributed by atoms with van der Waals surface area (Å²) in [6.45, 7) is -0.646. The van der Waals surface area contributed by atoms with Crippen molar-refractivity contribution >= 4 is 35.0 Å². The third-order valence-electron chi connectivity index (χ3n) is 3.38. The van der Waals surface area contributed by atoms with Crippen LogP contribution in [-0.2, 0) is 15.7 Å². The summed E-state index contributed by atoms with van der Waals surface area (Å²) in [6.07, 6.45) is -4.06. The van der Waals surface area contributed by atoms with Gasteiger partial charge in [0.15, 0.2) is 12.4 Å².